The first-order valence-electron chi connectivity index (χ1n) is 6.43. The molecule has 18 heavy (non-hydrogen) atoms. The summed E-state index contributed by atoms with van der Waals surface area (Å²) in [6, 6.07) is 2.21. The Hall–Kier alpha value is -0.680. The van der Waals surface area contributed by atoms with Crippen LogP contribution in [0.15, 0.2) is 0 Å². The van der Waals surface area contributed by atoms with E-state index in [1.807, 2.05) is 6.07 Å². The fraction of sp³-hybridized carbons (Fsp3) is 0.909. The molecule has 0 bridgehead atoms. The van der Waals surface area contributed by atoms with Gasteiger partial charge in [0.05, 0.1) is 6.07 Å². The number of hydrogen-bond acceptors (Lipinski definition) is 5. The summed E-state index contributed by atoms with van der Waals surface area (Å²) in [5.74, 6) is 0. The Morgan fingerprint density at radius 2 is 2.00 bits per heavy atom. The second-order valence-electron chi connectivity index (χ2n) is 4.83. The van der Waals surface area contributed by atoms with E-state index in [9.17, 15) is 8.42 Å². The van der Waals surface area contributed by atoms with Gasteiger partial charge in [0.2, 0.25) is 10.0 Å². The minimum atomic E-state index is -3.41. The van der Waals surface area contributed by atoms with Crippen LogP contribution in [0.1, 0.15) is 13.3 Å². The highest BCUT2D eigenvalue weighted by Crippen LogP contribution is 2.22. The molecule has 2 saturated heterocycles. The van der Waals surface area contributed by atoms with Crippen molar-refractivity contribution in [2.75, 3.05) is 39.3 Å². The lowest BCUT2D eigenvalue weighted by Gasteiger charge is -2.46. The van der Waals surface area contributed by atoms with E-state index in [4.69, 9.17) is 5.26 Å². The molecule has 6 nitrogen and oxygen atoms in total. The van der Waals surface area contributed by atoms with Gasteiger partial charge in [0.25, 0.3) is 0 Å². The van der Waals surface area contributed by atoms with Crippen molar-refractivity contribution in [1.82, 2.24) is 14.5 Å². The molecule has 0 spiro atoms. The highest BCUT2D eigenvalue weighted by molar-refractivity contribution is 7.90. The molecular weight excluding hydrogens is 252 g/mol. The average Bonchev–Trinajstić information content (AvgIpc) is 2.29. The van der Waals surface area contributed by atoms with Crippen LogP contribution in [0.5, 0.6) is 0 Å². The minimum absolute atomic E-state index is 0.332. The summed E-state index contributed by atoms with van der Waals surface area (Å²) in [5, 5.41) is 11.3. The van der Waals surface area contributed by atoms with Gasteiger partial charge in [-0.1, -0.05) is 6.92 Å². The summed E-state index contributed by atoms with van der Waals surface area (Å²) in [6.45, 7) is 6.72. The predicted molar refractivity (Wildman–Crippen MR) is 68.4 cm³/mol. The van der Waals surface area contributed by atoms with Crippen LogP contribution in [0, 0.1) is 11.3 Å². The molecule has 0 aromatic heterocycles. The molecule has 2 aliphatic heterocycles. The smallest absolute Gasteiger partial charge is 0.230 e. The molecule has 2 rings (SSSR count). The van der Waals surface area contributed by atoms with Gasteiger partial charge in [0.1, 0.15) is 0 Å². The second kappa shape index (κ2) is 5.53. The molecule has 0 radical (unpaired) electrons. The molecule has 0 aliphatic carbocycles. The van der Waals surface area contributed by atoms with Crippen molar-refractivity contribution in [2.24, 2.45) is 0 Å². The minimum Gasteiger partial charge on any atom is -0.314 e. The molecule has 7 heteroatoms. The summed E-state index contributed by atoms with van der Waals surface area (Å²) in [5.41, 5.74) is 0. The fourth-order valence-electron chi connectivity index (χ4n) is 2.45. The number of nitrogens with one attached hydrogen (secondary N) is 1. The topological polar surface area (TPSA) is 76.4 Å². The van der Waals surface area contributed by atoms with Gasteiger partial charge in [-0.3, -0.25) is 4.90 Å². The average molecular weight is 272 g/mol. The van der Waals surface area contributed by atoms with Crippen molar-refractivity contribution in [3.05, 3.63) is 0 Å². The molecule has 2 aliphatic rings. The third-order valence-electron chi connectivity index (χ3n) is 3.73. The van der Waals surface area contributed by atoms with Gasteiger partial charge in [0, 0.05) is 45.3 Å². The van der Waals surface area contributed by atoms with Crippen molar-refractivity contribution in [3.8, 4) is 6.07 Å². The van der Waals surface area contributed by atoms with Gasteiger partial charge in [-0.05, 0) is 6.42 Å². The number of nitriles is 1. The van der Waals surface area contributed by atoms with E-state index in [0.29, 0.717) is 25.6 Å². The summed E-state index contributed by atoms with van der Waals surface area (Å²) in [6.07, 6.45) is 0.355. The monoisotopic (exact) mass is 272 g/mol. The Labute approximate surface area is 109 Å². The van der Waals surface area contributed by atoms with Gasteiger partial charge < -0.3 is 5.32 Å². The van der Waals surface area contributed by atoms with Crippen LogP contribution in [0.2, 0.25) is 0 Å². The summed E-state index contributed by atoms with van der Waals surface area (Å²) >= 11 is 0. The number of sulfonamides is 1. The van der Waals surface area contributed by atoms with Crippen LogP contribution in [0.25, 0.3) is 0 Å². The molecule has 0 saturated carbocycles. The molecule has 2 heterocycles. The quantitative estimate of drug-likeness (QED) is 0.725. The van der Waals surface area contributed by atoms with Crippen molar-refractivity contribution in [3.63, 3.8) is 0 Å². The van der Waals surface area contributed by atoms with E-state index in [-0.39, 0.29) is 0 Å². The zero-order valence-corrected chi connectivity index (χ0v) is 11.5. The Bertz CT molecular complexity index is 419. The third-order valence-corrected chi connectivity index (χ3v) is 5.91. The van der Waals surface area contributed by atoms with Crippen LogP contribution >= 0.6 is 0 Å². The summed E-state index contributed by atoms with van der Waals surface area (Å²) < 4.78 is 25.6. The molecule has 1 N–H and O–H groups in total. The van der Waals surface area contributed by atoms with Gasteiger partial charge in [-0.2, -0.15) is 9.57 Å². The SMILES string of the molecule is CCC(C#N)S(=O)(=O)N1CC(N2CCNCC2)C1. The first-order chi connectivity index (χ1) is 8.59. The number of hydrogen-bond donors (Lipinski definition) is 1. The van der Waals surface area contributed by atoms with Crippen LogP contribution in [-0.2, 0) is 10.0 Å². The van der Waals surface area contributed by atoms with E-state index < -0.39 is 15.3 Å². The maximum Gasteiger partial charge on any atom is 0.230 e. The number of rotatable bonds is 4. The van der Waals surface area contributed by atoms with Crippen LogP contribution in [0.3, 0.4) is 0 Å². The van der Waals surface area contributed by atoms with Gasteiger partial charge in [0.15, 0.2) is 5.25 Å². The van der Waals surface area contributed by atoms with E-state index in [0.717, 1.165) is 26.2 Å². The lowest BCUT2D eigenvalue weighted by atomic mass is 10.1. The third kappa shape index (κ3) is 2.52. The van der Waals surface area contributed by atoms with Gasteiger partial charge >= 0.3 is 0 Å². The lowest BCUT2D eigenvalue weighted by molar-refractivity contribution is 0.0770. The Kier molecular flexibility index (Phi) is 4.22. The van der Waals surface area contributed by atoms with Crippen molar-refractivity contribution in [1.29, 1.82) is 5.26 Å². The van der Waals surface area contributed by atoms with Gasteiger partial charge in [-0.15, -0.1) is 0 Å². The zero-order valence-electron chi connectivity index (χ0n) is 10.7. The molecule has 0 aromatic rings. The lowest BCUT2D eigenvalue weighted by Crippen LogP contribution is -2.64. The van der Waals surface area contributed by atoms with E-state index in [2.05, 4.69) is 10.2 Å². The largest absolute Gasteiger partial charge is 0.314 e. The summed E-state index contributed by atoms with van der Waals surface area (Å²) in [4.78, 5) is 2.33. The van der Waals surface area contributed by atoms with Gasteiger partial charge in [-0.25, -0.2) is 8.42 Å². The predicted octanol–water partition coefficient (Wildman–Crippen LogP) is -0.792. The summed E-state index contributed by atoms with van der Waals surface area (Å²) in [7, 11) is -3.41. The van der Waals surface area contributed by atoms with Crippen LogP contribution in [0.4, 0.5) is 0 Å². The first-order valence-corrected chi connectivity index (χ1v) is 7.93. The second-order valence-corrected chi connectivity index (χ2v) is 6.94. The van der Waals surface area contributed by atoms with E-state index in [1.54, 1.807) is 6.92 Å². The van der Waals surface area contributed by atoms with E-state index in [1.165, 1.54) is 4.31 Å². The molecule has 0 aromatic carbocycles. The standard InChI is InChI=1S/C11H20N4O2S/c1-2-11(7-12)18(16,17)15-8-10(9-15)14-5-3-13-4-6-14/h10-11,13H,2-6,8-9H2,1H3. The molecule has 102 valence electrons. The Balaban J connectivity index is 1.90. The van der Waals surface area contributed by atoms with Crippen LogP contribution < -0.4 is 5.32 Å². The Morgan fingerprint density at radius 3 is 2.50 bits per heavy atom. The molecule has 1 unspecified atom stereocenters. The first kappa shape index (κ1) is 13.7. The normalized spacial score (nSPS) is 25.3. The van der Waals surface area contributed by atoms with Crippen molar-refractivity contribution >= 4 is 10.0 Å². The van der Waals surface area contributed by atoms with Crippen molar-refractivity contribution < 1.29 is 8.42 Å². The molecule has 1 atom stereocenters. The van der Waals surface area contributed by atoms with Crippen LogP contribution in [-0.4, -0.2) is 68.2 Å². The highest BCUT2D eigenvalue weighted by atomic mass is 32.2. The fourth-order valence-corrected chi connectivity index (χ4v) is 4.13. The zero-order chi connectivity index (χ0) is 13.2. The maximum atomic E-state index is 12.1. The highest BCUT2D eigenvalue weighted by Gasteiger charge is 2.42. The van der Waals surface area contributed by atoms with Crippen molar-refractivity contribution in [2.45, 2.75) is 24.6 Å². The number of nitrogens with zero attached hydrogens (tertiary/aromatic N) is 3. The Morgan fingerprint density at radius 1 is 1.39 bits per heavy atom. The molecule has 0 amide bonds. The van der Waals surface area contributed by atoms with E-state index >= 15 is 0 Å². The number of piperazine rings is 1. The molecular formula is C11H20N4O2S. The molecule has 2 fully saturated rings. The maximum absolute atomic E-state index is 12.1.